The van der Waals surface area contributed by atoms with E-state index in [1.807, 2.05) is 84.9 Å². The zero-order valence-corrected chi connectivity index (χ0v) is 26.8. The van der Waals surface area contributed by atoms with Gasteiger partial charge >= 0.3 is 5.97 Å². The molecule has 0 radical (unpaired) electrons. The fourth-order valence-electron chi connectivity index (χ4n) is 5.06. The number of thioether (sulfide) groups is 1. The second-order valence-electron chi connectivity index (χ2n) is 11.8. The predicted molar refractivity (Wildman–Crippen MR) is 181 cm³/mol. The van der Waals surface area contributed by atoms with E-state index in [1.54, 1.807) is 32.5 Å². The highest BCUT2D eigenvalue weighted by Crippen LogP contribution is 2.48. The van der Waals surface area contributed by atoms with Crippen molar-refractivity contribution in [3.8, 4) is 0 Å². The van der Waals surface area contributed by atoms with Gasteiger partial charge in [-0.25, -0.2) is 0 Å². The number of rotatable bonds is 13. The molecule has 4 aromatic carbocycles. The van der Waals surface area contributed by atoms with Gasteiger partial charge in [0.25, 0.3) is 0 Å². The Morgan fingerprint density at radius 2 is 1.16 bits per heavy atom. The van der Waals surface area contributed by atoms with Crippen molar-refractivity contribution in [2.24, 2.45) is 5.73 Å². The van der Waals surface area contributed by atoms with Crippen LogP contribution in [0.2, 0.25) is 0 Å². The number of carbonyl (C=O) groups is 3. The third kappa shape index (κ3) is 9.30. The molecule has 4 N–H and O–H groups in total. The molecule has 45 heavy (non-hydrogen) atoms. The van der Waals surface area contributed by atoms with E-state index in [-0.39, 0.29) is 18.7 Å². The molecule has 8 heteroatoms. The Kier molecular flexibility index (Phi) is 11.6. The number of carbonyl (C=O) groups excluding carboxylic acids is 3. The number of hydrogen-bond acceptors (Lipinski definition) is 6. The van der Waals surface area contributed by atoms with E-state index in [2.05, 4.69) is 47.0 Å². The molecule has 234 valence electrons. The van der Waals surface area contributed by atoms with Crippen LogP contribution in [0, 0.1) is 0 Å². The number of nitrogens with one attached hydrogen (secondary N) is 2. The van der Waals surface area contributed by atoms with Crippen LogP contribution >= 0.6 is 11.8 Å². The monoisotopic (exact) mass is 623 g/mol. The molecule has 0 spiro atoms. The molecule has 0 bridgehead atoms. The first-order valence-electron chi connectivity index (χ1n) is 15.0. The van der Waals surface area contributed by atoms with E-state index in [0.717, 1.165) is 22.3 Å². The molecule has 0 aliphatic carbocycles. The van der Waals surface area contributed by atoms with E-state index in [9.17, 15) is 14.4 Å². The Morgan fingerprint density at radius 3 is 1.60 bits per heavy atom. The smallest absolute Gasteiger partial charge is 0.325 e. The maximum absolute atomic E-state index is 13.6. The normalized spacial score (nSPS) is 12.9. The summed E-state index contributed by atoms with van der Waals surface area (Å²) >= 11 is 1.58. The first kappa shape index (κ1) is 33.5. The molecule has 2 atom stereocenters. The highest BCUT2D eigenvalue weighted by molar-refractivity contribution is 8.00. The molecule has 0 unspecified atom stereocenters. The van der Waals surface area contributed by atoms with E-state index in [1.165, 1.54) is 0 Å². The third-order valence-electron chi connectivity index (χ3n) is 7.10. The van der Waals surface area contributed by atoms with Gasteiger partial charge in [0, 0.05) is 12.2 Å². The van der Waals surface area contributed by atoms with Crippen molar-refractivity contribution in [2.45, 2.75) is 49.6 Å². The van der Waals surface area contributed by atoms with Gasteiger partial charge in [-0.2, -0.15) is 0 Å². The molecule has 0 aliphatic heterocycles. The molecule has 7 nitrogen and oxygen atoms in total. The van der Waals surface area contributed by atoms with Crippen molar-refractivity contribution >= 4 is 29.5 Å². The van der Waals surface area contributed by atoms with Gasteiger partial charge in [0.1, 0.15) is 18.2 Å². The fraction of sp³-hybridized carbons (Fsp3) is 0.270. The van der Waals surface area contributed by atoms with Gasteiger partial charge in [-0.05, 0) is 43.0 Å². The number of hydrogen-bond donors (Lipinski definition) is 3. The molecule has 0 heterocycles. The number of benzene rings is 4. The summed E-state index contributed by atoms with van der Waals surface area (Å²) in [5.41, 5.74) is 9.90. The van der Waals surface area contributed by atoms with Crippen molar-refractivity contribution in [1.29, 1.82) is 0 Å². The first-order valence-corrected chi connectivity index (χ1v) is 16.0. The highest BCUT2D eigenvalue weighted by atomic mass is 32.2. The van der Waals surface area contributed by atoms with E-state index >= 15 is 0 Å². The maximum atomic E-state index is 13.6. The standard InChI is InChI=1S/C37H41N3O4S/c1-36(2,3)44-33(41)25-39-35(43)32(24-27-16-8-4-9-17-27)40-34(42)31(38)26-45-37(28-18-10-5-11-19-28,29-20-12-6-13-21-29)30-22-14-7-15-23-30/h4-23,31-32H,24-26,38H2,1-3H3,(H,39,43)(H,40,42)/t31-,32-/m1/s1. The number of esters is 1. The topological polar surface area (TPSA) is 111 Å². The second-order valence-corrected chi connectivity index (χ2v) is 13.0. The van der Waals surface area contributed by atoms with Crippen LogP contribution < -0.4 is 16.4 Å². The number of nitrogens with two attached hydrogens (primary N) is 1. The van der Waals surface area contributed by atoms with Crippen molar-refractivity contribution in [3.63, 3.8) is 0 Å². The summed E-state index contributed by atoms with van der Waals surface area (Å²) in [4.78, 5) is 39.1. The first-order chi connectivity index (χ1) is 21.6. The molecule has 0 fully saturated rings. The Morgan fingerprint density at radius 1 is 0.711 bits per heavy atom. The lowest BCUT2D eigenvalue weighted by molar-refractivity contribution is -0.154. The zero-order chi connectivity index (χ0) is 32.3. The lowest BCUT2D eigenvalue weighted by atomic mass is 9.84. The molecule has 0 saturated heterocycles. The average molecular weight is 624 g/mol. The van der Waals surface area contributed by atoms with Crippen LogP contribution in [-0.2, 0) is 30.3 Å². The number of amides is 2. The van der Waals surface area contributed by atoms with Gasteiger partial charge in [0.15, 0.2) is 0 Å². The van der Waals surface area contributed by atoms with Gasteiger partial charge in [0.2, 0.25) is 11.8 Å². The minimum atomic E-state index is -0.944. The van der Waals surface area contributed by atoms with Gasteiger partial charge in [-0.15, -0.1) is 11.8 Å². The van der Waals surface area contributed by atoms with Crippen molar-refractivity contribution in [3.05, 3.63) is 144 Å². The Bertz CT molecular complexity index is 1430. The van der Waals surface area contributed by atoms with E-state index in [4.69, 9.17) is 10.5 Å². The Balaban J connectivity index is 1.55. The molecule has 4 rings (SSSR count). The van der Waals surface area contributed by atoms with Crippen LogP contribution in [-0.4, -0.2) is 47.8 Å². The van der Waals surface area contributed by atoms with Crippen molar-refractivity contribution in [2.75, 3.05) is 12.3 Å². The molecule has 2 amide bonds. The van der Waals surface area contributed by atoms with Crippen LogP contribution in [0.15, 0.2) is 121 Å². The van der Waals surface area contributed by atoms with Crippen LogP contribution in [0.3, 0.4) is 0 Å². The summed E-state index contributed by atoms with van der Waals surface area (Å²) < 4.78 is 4.67. The molecule has 0 saturated carbocycles. The summed E-state index contributed by atoms with van der Waals surface area (Å²) in [5.74, 6) is -1.25. The molecular weight excluding hydrogens is 582 g/mol. The molecular formula is C37H41N3O4S. The van der Waals surface area contributed by atoms with Gasteiger partial charge in [-0.1, -0.05) is 121 Å². The summed E-state index contributed by atoms with van der Waals surface area (Å²) in [6, 6.07) is 38.0. The predicted octanol–water partition coefficient (Wildman–Crippen LogP) is 5.22. The van der Waals surface area contributed by atoms with Crippen molar-refractivity contribution in [1.82, 2.24) is 10.6 Å². The van der Waals surface area contributed by atoms with Gasteiger partial charge in [0.05, 0.1) is 10.8 Å². The van der Waals surface area contributed by atoms with Crippen LogP contribution in [0.25, 0.3) is 0 Å². The van der Waals surface area contributed by atoms with Gasteiger partial charge in [-0.3, -0.25) is 14.4 Å². The highest BCUT2D eigenvalue weighted by Gasteiger charge is 2.38. The third-order valence-corrected chi connectivity index (χ3v) is 8.77. The summed E-state index contributed by atoms with van der Waals surface area (Å²) in [7, 11) is 0. The molecule has 0 aliphatic rings. The lowest BCUT2D eigenvalue weighted by Gasteiger charge is -2.36. The molecule has 4 aromatic rings. The molecule has 0 aromatic heterocycles. The fourth-order valence-corrected chi connectivity index (χ4v) is 6.55. The SMILES string of the molecule is CC(C)(C)OC(=O)CNC(=O)[C@@H](Cc1ccccc1)NC(=O)[C@H](N)CSC(c1ccccc1)(c1ccccc1)c1ccccc1. The van der Waals surface area contributed by atoms with Crippen LogP contribution in [0.5, 0.6) is 0 Å². The zero-order valence-electron chi connectivity index (χ0n) is 25.9. The average Bonchev–Trinajstić information content (AvgIpc) is 3.04. The minimum Gasteiger partial charge on any atom is -0.459 e. The number of ether oxygens (including phenoxy) is 1. The largest absolute Gasteiger partial charge is 0.459 e. The second kappa shape index (κ2) is 15.5. The summed E-state index contributed by atoms with van der Waals surface area (Å²) in [5, 5.41) is 5.47. The lowest BCUT2D eigenvalue weighted by Crippen LogP contribution is -2.54. The summed E-state index contributed by atoms with van der Waals surface area (Å²) in [6.07, 6.45) is 0.231. The summed E-state index contributed by atoms with van der Waals surface area (Å²) in [6.45, 7) is 4.96. The Hall–Kier alpha value is -4.40. The maximum Gasteiger partial charge on any atom is 0.325 e. The van der Waals surface area contributed by atoms with Crippen molar-refractivity contribution < 1.29 is 19.1 Å². The van der Waals surface area contributed by atoms with E-state index < -0.39 is 40.2 Å². The van der Waals surface area contributed by atoms with E-state index in [0.29, 0.717) is 0 Å². The Labute approximate surface area is 270 Å². The quantitative estimate of drug-likeness (QED) is 0.139. The minimum absolute atomic E-state index is 0.231. The van der Waals surface area contributed by atoms with Crippen LogP contribution in [0.1, 0.15) is 43.0 Å². The van der Waals surface area contributed by atoms with Gasteiger partial charge < -0.3 is 21.1 Å². The van der Waals surface area contributed by atoms with Crippen LogP contribution in [0.4, 0.5) is 0 Å².